The Morgan fingerprint density at radius 3 is 3.00 bits per heavy atom. The topological polar surface area (TPSA) is 34.1 Å². The van der Waals surface area contributed by atoms with Gasteiger partial charge in [0.2, 0.25) is 0 Å². The van der Waals surface area contributed by atoms with Gasteiger partial charge in [0.15, 0.2) is 0 Å². The molecule has 4 heteroatoms. The minimum Gasteiger partial charge on any atom is -0.375 e. The molecule has 3 nitrogen and oxygen atoms in total. The first kappa shape index (κ1) is 14.0. The number of benzene rings is 1. The van der Waals surface area contributed by atoms with E-state index in [0.29, 0.717) is 13.2 Å². The molecule has 0 bridgehead atoms. The van der Waals surface area contributed by atoms with E-state index in [2.05, 4.69) is 38.9 Å². The Bertz CT molecular complexity index is 583. The van der Waals surface area contributed by atoms with Crippen LogP contribution in [0, 0.1) is 0 Å². The van der Waals surface area contributed by atoms with E-state index in [0.717, 1.165) is 33.2 Å². The van der Waals surface area contributed by atoms with Gasteiger partial charge in [0.25, 0.3) is 0 Å². The van der Waals surface area contributed by atoms with Crippen LogP contribution >= 0.6 is 15.9 Å². The first-order valence-electron chi connectivity index (χ1n) is 6.17. The van der Waals surface area contributed by atoms with Crippen molar-refractivity contribution in [3.63, 3.8) is 0 Å². The predicted molar refractivity (Wildman–Crippen MR) is 83.6 cm³/mol. The Morgan fingerprint density at radius 2 is 2.21 bits per heavy atom. The first-order chi connectivity index (χ1) is 9.18. The number of nitrogens with one attached hydrogen (secondary N) is 1. The van der Waals surface area contributed by atoms with Gasteiger partial charge in [0, 0.05) is 28.0 Å². The maximum absolute atomic E-state index is 5.45. The molecule has 1 aromatic carbocycles. The van der Waals surface area contributed by atoms with Crippen molar-refractivity contribution in [3.8, 4) is 0 Å². The average molecular weight is 321 g/mol. The number of pyridine rings is 1. The molecule has 0 atom stereocenters. The van der Waals surface area contributed by atoms with Crippen LogP contribution < -0.4 is 5.32 Å². The van der Waals surface area contributed by atoms with E-state index in [9.17, 15) is 0 Å². The van der Waals surface area contributed by atoms with Crippen molar-refractivity contribution < 1.29 is 4.74 Å². The monoisotopic (exact) mass is 320 g/mol. The second-order valence-electron chi connectivity index (χ2n) is 4.43. The molecule has 0 saturated carbocycles. The summed E-state index contributed by atoms with van der Waals surface area (Å²) in [6.45, 7) is 7.73. The van der Waals surface area contributed by atoms with E-state index in [1.807, 2.05) is 31.3 Å². The zero-order valence-electron chi connectivity index (χ0n) is 10.9. The highest BCUT2D eigenvalue weighted by molar-refractivity contribution is 9.10. The van der Waals surface area contributed by atoms with Gasteiger partial charge in [-0.3, -0.25) is 0 Å². The van der Waals surface area contributed by atoms with E-state index >= 15 is 0 Å². The van der Waals surface area contributed by atoms with Gasteiger partial charge >= 0.3 is 0 Å². The number of hydrogen-bond donors (Lipinski definition) is 1. The summed E-state index contributed by atoms with van der Waals surface area (Å²) in [6, 6.07) is 8.10. The number of halogens is 1. The van der Waals surface area contributed by atoms with Crippen molar-refractivity contribution in [2.75, 3.05) is 25.1 Å². The molecule has 1 aromatic heterocycles. The lowest BCUT2D eigenvalue weighted by Crippen LogP contribution is -2.11. The number of rotatable bonds is 6. The van der Waals surface area contributed by atoms with Crippen molar-refractivity contribution in [1.29, 1.82) is 0 Å². The number of anilines is 1. The van der Waals surface area contributed by atoms with Gasteiger partial charge in [0.05, 0.1) is 13.2 Å². The third-order valence-corrected chi connectivity index (χ3v) is 3.33. The zero-order chi connectivity index (χ0) is 13.7. The summed E-state index contributed by atoms with van der Waals surface area (Å²) in [6.07, 6.45) is 1.81. The van der Waals surface area contributed by atoms with Crippen LogP contribution in [0.15, 0.2) is 47.1 Å². The van der Waals surface area contributed by atoms with E-state index in [4.69, 9.17) is 4.74 Å². The van der Waals surface area contributed by atoms with Crippen LogP contribution in [-0.4, -0.2) is 24.7 Å². The van der Waals surface area contributed by atoms with E-state index in [-0.39, 0.29) is 0 Å². The van der Waals surface area contributed by atoms with E-state index < -0.39 is 0 Å². The lowest BCUT2D eigenvalue weighted by molar-refractivity contribution is 0.167. The Hall–Kier alpha value is -1.39. The lowest BCUT2D eigenvalue weighted by atomic mass is 10.1. The molecule has 0 fully saturated rings. The Morgan fingerprint density at radius 1 is 1.37 bits per heavy atom. The third-order valence-electron chi connectivity index (χ3n) is 2.64. The van der Waals surface area contributed by atoms with E-state index in [1.165, 1.54) is 0 Å². The Labute approximate surface area is 121 Å². The molecule has 100 valence electrons. The molecular weight excluding hydrogens is 304 g/mol. The highest BCUT2D eigenvalue weighted by Crippen LogP contribution is 2.27. The molecule has 1 heterocycles. The second kappa shape index (κ2) is 6.68. The van der Waals surface area contributed by atoms with Gasteiger partial charge in [-0.1, -0.05) is 40.2 Å². The summed E-state index contributed by atoms with van der Waals surface area (Å²) < 4.78 is 6.53. The van der Waals surface area contributed by atoms with Crippen LogP contribution in [0.2, 0.25) is 0 Å². The summed E-state index contributed by atoms with van der Waals surface area (Å²) in [4.78, 5) is 4.38. The van der Waals surface area contributed by atoms with Crippen LogP contribution in [0.3, 0.4) is 0 Å². The van der Waals surface area contributed by atoms with Gasteiger partial charge in [-0.15, -0.1) is 0 Å². The van der Waals surface area contributed by atoms with Crippen molar-refractivity contribution in [2.24, 2.45) is 0 Å². The molecular formula is C15H17BrN2O. The largest absolute Gasteiger partial charge is 0.375 e. The molecule has 0 spiro atoms. The standard InChI is InChI=1S/C15H17BrN2O/c1-11(2)10-19-9-8-18-15-13-4-3-5-14(16)12(13)6-7-17-15/h3-7H,1,8-10H2,2H3,(H,17,18). The fraction of sp³-hybridized carbons (Fsp3) is 0.267. The van der Waals surface area contributed by atoms with Crippen molar-refractivity contribution in [2.45, 2.75) is 6.92 Å². The van der Waals surface area contributed by atoms with Crippen LogP contribution in [0.1, 0.15) is 6.92 Å². The summed E-state index contributed by atoms with van der Waals surface area (Å²) in [7, 11) is 0. The summed E-state index contributed by atoms with van der Waals surface area (Å²) in [5.41, 5.74) is 1.03. The molecule has 0 amide bonds. The molecule has 1 N–H and O–H groups in total. The molecule has 19 heavy (non-hydrogen) atoms. The summed E-state index contributed by atoms with van der Waals surface area (Å²) in [5, 5.41) is 5.57. The number of hydrogen-bond acceptors (Lipinski definition) is 3. The third kappa shape index (κ3) is 3.78. The van der Waals surface area contributed by atoms with Crippen molar-refractivity contribution in [3.05, 3.63) is 47.1 Å². The fourth-order valence-corrected chi connectivity index (χ4v) is 2.30. The quantitative estimate of drug-likeness (QED) is 0.645. The van der Waals surface area contributed by atoms with Gasteiger partial charge in [-0.05, 0) is 19.1 Å². The normalized spacial score (nSPS) is 10.6. The number of nitrogens with zero attached hydrogens (tertiary/aromatic N) is 1. The van der Waals surface area contributed by atoms with Crippen LogP contribution in [0.4, 0.5) is 5.82 Å². The molecule has 0 radical (unpaired) electrons. The molecule has 0 aliphatic heterocycles. The van der Waals surface area contributed by atoms with Crippen LogP contribution in [-0.2, 0) is 4.74 Å². The SMILES string of the molecule is C=C(C)COCCNc1nccc2c(Br)cccc12. The molecule has 0 unspecified atom stereocenters. The first-order valence-corrected chi connectivity index (χ1v) is 6.97. The lowest BCUT2D eigenvalue weighted by Gasteiger charge is -2.10. The fourth-order valence-electron chi connectivity index (χ4n) is 1.80. The number of aromatic nitrogens is 1. The van der Waals surface area contributed by atoms with Crippen molar-refractivity contribution in [1.82, 2.24) is 4.98 Å². The average Bonchev–Trinajstić information content (AvgIpc) is 2.39. The summed E-state index contributed by atoms with van der Waals surface area (Å²) >= 11 is 3.55. The minimum atomic E-state index is 0.607. The highest BCUT2D eigenvalue weighted by atomic mass is 79.9. The minimum absolute atomic E-state index is 0.607. The van der Waals surface area contributed by atoms with Gasteiger partial charge in [0.1, 0.15) is 5.82 Å². The van der Waals surface area contributed by atoms with Crippen LogP contribution in [0.25, 0.3) is 10.8 Å². The van der Waals surface area contributed by atoms with Gasteiger partial charge in [-0.25, -0.2) is 4.98 Å². The summed E-state index contributed by atoms with van der Waals surface area (Å²) in [5.74, 6) is 0.887. The second-order valence-corrected chi connectivity index (χ2v) is 5.29. The number of fused-ring (bicyclic) bond motifs is 1. The molecule has 0 aliphatic rings. The van der Waals surface area contributed by atoms with Gasteiger partial charge in [-0.2, -0.15) is 0 Å². The molecule has 2 aromatic rings. The number of ether oxygens (including phenoxy) is 1. The molecule has 2 rings (SSSR count). The zero-order valence-corrected chi connectivity index (χ0v) is 12.5. The highest BCUT2D eigenvalue weighted by Gasteiger charge is 2.03. The maximum atomic E-state index is 5.45. The predicted octanol–water partition coefficient (Wildman–Crippen LogP) is 4.00. The molecule has 0 saturated heterocycles. The van der Waals surface area contributed by atoms with Crippen LogP contribution in [0.5, 0.6) is 0 Å². The maximum Gasteiger partial charge on any atom is 0.133 e. The van der Waals surface area contributed by atoms with Gasteiger partial charge < -0.3 is 10.1 Å². The molecule has 0 aliphatic carbocycles. The van der Waals surface area contributed by atoms with Crippen molar-refractivity contribution >= 4 is 32.5 Å². The Balaban J connectivity index is 2.01. The smallest absolute Gasteiger partial charge is 0.133 e. The Kier molecular flexibility index (Phi) is 4.93. The van der Waals surface area contributed by atoms with E-state index in [1.54, 1.807) is 0 Å².